The molecule has 0 unspecified atom stereocenters. The topological polar surface area (TPSA) is 52.6 Å². The van der Waals surface area contributed by atoms with E-state index in [9.17, 15) is 9.59 Å². The van der Waals surface area contributed by atoms with Crippen molar-refractivity contribution >= 4 is 11.9 Å². The van der Waals surface area contributed by atoms with Gasteiger partial charge < -0.3 is 9.47 Å². The van der Waals surface area contributed by atoms with Crippen LogP contribution in [0.25, 0.3) is 0 Å². The Balaban J connectivity index is 3.52. The van der Waals surface area contributed by atoms with E-state index in [1.165, 1.54) is 0 Å². The zero-order valence-corrected chi connectivity index (χ0v) is 9.96. The zero-order valence-electron chi connectivity index (χ0n) is 9.96. The van der Waals surface area contributed by atoms with Crippen molar-refractivity contribution in [2.75, 3.05) is 6.61 Å². The van der Waals surface area contributed by atoms with E-state index in [0.29, 0.717) is 12.8 Å². The maximum atomic E-state index is 11.2. The fourth-order valence-electron chi connectivity index (χ4n) is 0.897. The summed E-state index contributed by atoms with van der Waals surface area (Å²) in [6.45, 7) is 7.48. The molecule has 0 aliphatic carbocycles. The molecule has 4 nitrogen and oxygen atoms in total. The molecule has 0 aromatic rings. The molecule has 0 N–H and O–H groups in total. The minimum Gasteiger partial charge on any atom is -0.466 e. The van der Waals surface area contributed by atoms with Crippen molar-refractivity contribution in [2.24, 2.45) is 0 Å². The van der Waals surface area contributed by atoms with Gasteiger partial charge in [-0.3, -0.25) is 9.59 Å². The lowest BCUT2D eigenvalue weighted by atomic mass is 10.2. The summed E-state index contributed by atoms with van der Waals surface area (Å²) in [6, 6.07) is 0. The lowest BCUT2D eigenvalue weighted by Crippen LogP contribution is -2.23. The standard InChI is InChI=1S/C11H20O4/c1-5-9(12)14-8-6-7-10(13)15-11(2,3)4/h5-8H2,1-4H3. The quantitative estimate of drug-likeness (QED) is 0.521. The van der Waals surface area contributed by atoms with Gasteiger partial charge in [0.25, 0.3) is 0 Å². The number of hydrogen-bond acceptors (Lipinski definition) is 4. The van der Waals surface area contributed by atoms with Gasteiger partial charge in [-0.25, -0.2) is 0 Å². The van der Waals surface area contributed by atoms with Crippen molar-refractivity contribution < 1.29 is 19.1 Å². The second kappa shape index (κ2) is 6.43. The highest BCUT2D eigenvalue weighted by Gasteiger charge is 2.15. The largest absolute Gasteiger partial charge is 0.466 e. The third-order valence-corrected chi connectivity index (χ3v) is 1.50. The van der Waals surface area contributed by atoms with Crippen LogP contribution in [0.15, 0.2) is 0 Å². The molecule has 0 spiro atoms. The summed E-state index contributed by atoms with van der Waals surface area (Å²) in [5, 5.41) is 0. The fraction of sp³-hybridized carbons (Fsp3) is 0.818. The Kier molecular flexibility index (Phi) is 5.97. The summed E-state index contributed by atoms with van der Waals surface area (Å²) in [4.78, 5) is 22.0. The SMILES string of the molecule is CCC(=O)OCCCC(=O)OC(C)(C)C. The van der Waals surface area contributed by atoms with E-state index in [1.807, 2.05) is 20.8 Å². The van der Waals surface area contributed by atoms with E-state index in [2.05, 4.69) is 0 Å². The second-order valence-corrected chi connectivity index (χ2v) is 4.26. The maximum absolute atomic E-state index is 11.2. The predicted octanol–water partition coefficient (Wildman–Crippen LogP) is 2.06. The highest BCUT2D eigenvalue weighted by atomic mass is 16.6. The smallest absolute Gasteiger partial charge is 0.306 e. The average molecular weight is 216 g/mol. The van der Waals surface area contributed by atoms with Gasteiger partial charge in [0.15, 0.2) is 0 Å². The van der Waals surface area contributed by atoms with Gasteiger partial charge in [-0.15, -0.1) is 0 Å². The Bertz CT molecular complexity index is 215. The highest BCUT2D eigenvalue weighted by molar-refractivity contribution is 5.70. The molecular formula is C11H20O4. The zero-order chi connectivity index (χ0) is 11.9. The molecule has 0 fully saturated rings. The van der Waals surface area contributed by atoms with Crippen LogP contribution in [0.5, 0.6) is 0 Å². The first-order valence-corrected chi connectivity index (χ1v) is 5.22. The van der Waals surface area contributed by atoms with Gasteiger partial charge in [0, 0.05) is 12.8 Å². The van der Waals surface area contributed by atoms with Crippen molar-refractivity contribution in [1.29, 1.82) is 0 Å². The van der Waals surface area contributed by atoms with Gasteiger partial charge in [0.2, 0.25) is 0 Å². The minimum atomic E-state index is -0.447. The molecule has 0 aliphatic heterocycles. The van der Waals surface area contributed by atoms with Crippen LogP contribution < -0.4 is 0 Å². The van der Waals surface area contributed by atoms with Gasteiger partial charge in [0.05, 0.1) is 6.61 Å². The summed E-state index contributed by atoms with van der Waals surface area (Å²) in [7, 11) is 0. The maximum Gasteiger partial charge on any atom is 0.306 e. The van der Waals surface area contributed by atoms with Crippen molar-refractivity contribution in [2.45, 2.75) is 52.6 Å². The van der Waals surface area contributed by atoms with Crippen LogP contribution in [-0.2, 0) is 19.1 Å². The molecule has 0 aromatic heterocycles. The third kappa shape index (κ3) is 9.25. The molecule has 0 bridgehead atoms. The molecule has 0 saturated carbocycles. The van der Waals surface area contributed by atoms with E-state index >= 15 is 0 Å². The molecule has 0 heterocycles. The van der Waals surface area contributed by atoms with Crippen LogP contribution in [0, 0.1) is 0 Å². The number of rotatable bonds is 5. The van der Waals surface area contributed by atoms with Crippen molar-refractivity contribution in [3.8, 4) is 0 Å². The number of ether oxygens (including phenoxy) is 2. The minimum absolute atomic E-state index is 0.237. The van der Waals surface area contributed by atoms with Crippen molar-refractivity contribution in [1.82, 2.24) is 0 Å². The van der Waals surface area contributed by atoms with Crippen LogP contribution in [0.2, 0.25) is 0 Å². The van der Waals surface area contributed by atoms with E-state index in [-0.39, 0.29) is 25.0 Å². The fourth-order valence-corrected chi connectivity index (χ4v) is 0.897. The van der Waals surface area contributed by atoms with Crippen molar-refractivity contribution in [3.05, 3.63) is 0 Å². The Morgan fingerprint density at radius 1 is 1.13 bits per heavy atom. The number of esters is 2. The first kappa shape index (κ1) is 13.9. The molecule has 0 saturated heterocycles. The first-order valence-electron chi connectivity index (χ1n) is 5.22. The Morgan fingerprint density at radius 2 is 1.73 bits per heavy atom. The van der Waals surface area contributed by atoms with Crippen LogP contribution in [0.1, 0.15) is 47.0 Å². The molecule has 4 heteroatoms. The van der Waals surface area contributed by atoms with Gasteiger partial charge in [-0.05, 0) is 27.2 Å². The van der Waals surface area contributed by atoms with Crippen LogP contribution in [0.4, 0.5) is 0 Å². The Morgan fingerprint density at radius 3 is 2.20 bits per heavy atom. The van der Waals surface area contributed by atoms with Crippen LogP contribution in [0.3, 0.4) is 0 Å². The van der Waals surface area contributed by atoms with Gasteiger partial charge in [-0.2, -0.15) is 0 Å². The molecule has 0 aromatic carbocycles. The van der Waals surface area contributed by atoms with E-state index in [4.69, 9.17) is 9.47 Å². The molecular weight excluding hydrogens is 196 g/mol. The summed E-state index contributed by atoms with van der Waals surface area (Å²) < 4.78 is 9.92. The third-order valence-electron chi connectivity index (χ3n) is 1.50. The number of hydrogen-bond donors (Lipinski definition) is 0. The number of carbonyl (C=O) groups excluding carboxylic acids is 2. The van der Waals surface area contributed by atoms with E-state index < -0.39 is 5.60 Å². The molecule has 0 aliphatic rings. The summed E-state index contributed by atoms with van der Waals surface area (Å²) in [5.74, 6) is -0.491. The lowest BCUT2D eigenvalue weighted by Gasteiger charge is -2.19. The molecule has 0 atom stereocenters. The average Bonchev–Trinajstić information content (AvgIpc) is 2.09. The highest BCUT2D eigenvalue weighted by Crippen LogP contribution is 2.09. The van der Waals surface area contributed by atoms with Gasteiger partial charge in [-0.1, -0.05) is 6.92 Å². The second-order valence-electron chi connectivity index (χ2n) is 4.26. The van der Waals surface area contributed by atoms with E-state index in [0.717, 1.165) is 0 Å². The monoisotopic (exact) mass is 216 g/mol. The molecule has 0 amide bonds. The molecule has 0 radical (unpaired) electrons. The van der Waals surface area contributed by atoms with Crippen molar-refractivity contribution in [3.63, 3.8) is 0 Å². The first-order chi connectivity index (χ1) is 6.85. The predicted molar refractivity (Wildman–Crippen MR) is 56.3 cm³/mol. The Labute approximate surface area is 90.9 Å². The molecule has 0 rings (SSSR count). The van der Waals surface area contributed by atoms with Gasteiger partial charge in [0.1, 0.15) is 5.60 Å². The van der Waals surface area contributed by atoms with Gasteiger partial charge >= 0.3 is 11.9 Å². The molecule has 15 heavy (non-hydrogen) atoms. The molecule has 88 valence electrons. The normalized spacial score (nSPS) is 10.9. The summed E-state index contributed by atoms with van der Waals surface area (Å²) in [6.07, 6.45) is 1.17. The Hall–Kier alpha value is -1.06. The van der Waals surface area contributed by atoms with E-state index in [1.54, 1.807) is 6.92 Å². The summed E-state index contributed by atoms with van der Waals surface area (Å²) >= 11 is 0. The number of carbonyl (C=O) groups is 2. The summed E-state index contributed by atoms with van der Waals surface area (Å²) in [5.41, 5.74) is -0.447. The van der Waals surface area contributed by atoms with Crippen LogP contribution >= 0.6 is 0 Å². The van der Waals surface area contributed by atoms with Crippen LogP contribution in [-0.4, -0.2) is 24.1 Å². The lowest BCUT2D eigenvalue weighted by molar-refractivity contribution is -0.156.